The van der Waals surface area contributed by atoms with Crippen LogP contribution in [-0.4, -0.2) is 55.2 Å². The number of ether oxygens (including phenoxy) is 3. The van der Waals surface area contributed by atoms with Gasteiger partial charge < -0.3 is 25.7 Å². The molecule has 3 heterocycles. The first kappa shape index (κ1) is 20.9. The van der Waals surface area contributed by atoms with Crippen LogP contribution >= 0.6 is 0 Å². The van der Waals surface area contributed by atoms with Gasteiger partial charge >= 0.3 is 0 Å². The number of amides is 2. The maximum absolute atomic E-state index is 11.2. The van der Waals surface area contributed by atoms with Crippen molar-refractivity contribution in [2.75, 3.05) is 32.8 Å². The third kappa shape index (κ3) is 3.98. The molecule has 0 saturated carbocycles. The van der Waals surface area contributed by atoms with Gasteiger partial charge in [0, 0.05) is 11.5 Å². The molecule has 0 aliphatic carbocycles. The first-order valence-corrected chi connectivity index (χ1v) is 10.5. The van der Waals surface area contributed by atoms with Gasteiger partial charge in [-0.1, -0.05) is 12.1 Å². The van der Waals surface area contributed by atoms with Crippen LogP contribution in [0.1, 0.15) is 44.8 Å². The maximum atomic E-state index is 11.2. The van der Waals surface area contributed by atoms with Gasteiger partial charge in [0.2, 0.25) is 5.91 Å². The number of hydrogen-bond donors (Lipinski definition) is 2. The number of para-hydroxylation sites is 1. The van der Waals surface area contributed by atoms with Crippen LogP contribution in [0.15, 0.2) is 18.2 Å². The summed E-state index contributed by atoms with van der Waals surface area (Å²) in [6, 6.07) is 5.69. The summed E-state index contributed by atoms with van der Waals surface area (Å²) in [5.41, 5.74) is 11.2. The minimum Gasteiger partial charge on any atom is -0.483 e. The number of piperidine rings is 1. The Labute approximate surface area is 176 Å². The number of nitrogens with zero attached hydrogens (tertiary/aromatic N) is 1. The predicted octanol–water partition coefficient (Wildman–Crippen LogP) is 1.37. The molecule has 2 fully saturated rings. The molecule has 3 aliphatic heterocycles. The molecule has 4 N–H and O–H groups in total. The Morgan fingerprint density at radius 2 is 1.93 bits per heavy atom. The van der Waals surface area contributed by atoms with Crippen LogP contribution in [0.2, 0.25) is 0 Å². The van der Waals surface area contributed by atoms with Crippen molar-refractivity contribution >= 4 is 11.8 Å². The number of carbonyl (C=O) groups is 2. The molecule has 0 radical (unpaired) electrons. The second kappa shape index (κ2) is 7.74. The fourth-order valence-electron chi connectivity index (χ4n) is 5.15. The minimum absolute atomic E-state index is 0.0878. The topological polar surface area (TPSA) is 117 Å². The van der Waals surface area contributed by atoms with E-state index in [9.17, 15) is 9.59 Å². The van der Waals surface area contributed by atoms with Gasteiger partial charge in [0.15, 0.2) is 18.1 Å². The number of rotatable bonds is 5. The molecule has 0 unspecified atom stereocenters. The molecular formula is C22H31N3O5. The second-order valence-electron chi connectivity index (χ2n) is 9.42. The average molecular weight is 418 g/mol. The smallest absolute Gasteiger partial charge is 0.255 e. The lowest BCUT2D eigenvalue weighted by molar-refractivity contribution is -0.174. The zero-order valence-electron chi connectivity index (χ0n) is 17.7. The number of fused-ring (bicyclic) bond motifs is 3. The summed E-state index contributed by atoms with van der Waals surface area (Å²) >= 11 is 0. The summed E-state index contributed by atoms with van der Waals surface area (Å²) in [6.07, 6.45) is 2.87. The van der Waals surface area contributed by atoms with Crippen molar-refractivity contribution < 1.29 is 23.8 Å². The molecule has 4 rings (SSSR count). The minimum atomic E-state index is -0.529. The van der Waals surface area contributed by atoms with Crippen molar-refractivity contribution in [1.29, 1.82) is 0 Å². The van der Waals surface area contributed by atoms with E-state index in [1.807, 2.05) is 12.1 Å². The van der Waals surface area contributed by atoms with Gasteiger partial charge in [-0.05, 0) is 57.7 Å². The van der Waals surface area contributed by atoms with E-state index in [4.69, 9.17) is 25.7 Å². The SMILES string of the molecule is CC1(C)Oc2c(OCC(N)=O)cccc2[C@H]2OCC3(CCN(CC(N)=O)CC3)C[C@@H]21. The zero-order valence-corrected chi connectivity index (χ0v) is 17.7. The van der Waals surface area contributed by atoms with Crippen molar-refractivity contribution in [3.8, 4) is 11.5 Å². The first-order chi connectivity index (χ1) is 14.2. The van der Waals surface area contributed by atoms with Crippen molar-refractivity contribution in [3.63, 3.8) is 0 Å². The van der Waals surface area contributed by atoms with Gasteiger partial charge in [-0.25, -0.2) is 0 Å². The zero-order chi connectivity index (χ0) is 21.5. The van der Waals surface area contributed by atoms with Crippen molar-refractivity contribution in [2.24, 2.45) is 22.8 Å². The van der Waals surface area contributed by atoms with Gasteiger partial charge in [-0.15, -0.1) is 0 Å². The summed E-state index contributed by atoms with van der Waals surface area (Å²) in [6.45, 7) is 6.69. The van der Waals surface area contributed by atoms with Gasteiger partial charge in [0.25, 0.3) is 5.91 Å². The van der Waals surface area contributed by atoms with Crippen LogP contribution in [-0.2, 0) is 14.3 Å². The number of carbonyl (C=O) groups excluding carboxylic acids is 2. The van der Waals surface area contributed by atoms with Crippen LogP contribution in [0, 0.1) is 11.3 Å². The van der Waals surface area contributed by atoms with Crippen molar-refractivity contribution in [2.45, 2.75) is 44.8 Å². The summed E-state index contributed by atoms with van der Waals surface area (Å²) < 4.78 is 18.5. The first-order valence-electron chi connectivity index (χ1n) is 10.5. The van der Waals surface area contributed by atoms with E-state index in [1.54, 1.807) is 6.07 Å². The highest BCUT2D eigenvalue weighted by molar-refractivity contribution is 5.76. The highest BCUT2D eigenvalue weighted by Gasteiger charge is 2.53. The van der Waals surface area contributed by atoms with E-state index in [1.165, 1.54) is 0 Å². The summed E-state index contributed by atoms with van der Waals surface area (Å²) in [5, 5.41) is 0. The highest BCUT2D eigenvalue weighted by atomic mass is 16.5. The van der Waals surface area contributed by atoms with Crippen molar-refractivity contribution in [1.82, 2.24) is 4.90 Å². The van der Waals surface area contributed by atoms with E-state index in [-0.39, 0.29) is 30.0 Å². The summed E-state index contributed by atoms with van der Waals surface area (Å²) in [7, 11) is 0. The molecule has 8 nitrogen and oxygen atoms in total. The molecule has 0 aromatic heterocycles. The monoisotopic (exact) mass is 417 g/mol. The Bertz CT molecular complexity index is 832. The molecule has 2 atom stereocenters. The molecule has 1 spiro atoms. The van der Waals surface area contributed by atoms with Crippen LogP contribution in [0.5, 0.6) is 11.5 Å². The van der Waals surface area contributed by atoms with E-state index < -0.39 is 11.5 Å². The fraction of sp³-hybridized carbons (Fsp3) is 0.636. The normalized spacial score (nSPS) is 26.9. The largest absolute Gasteiger partial charge is 0.483 e. The maximum Gasteiger partial charge on any atom is 0.255 e. The van der Waals surface area contributed by atoms with E-state index >= 15 is 0 Å². The Morgan fingerprint density at radius 1 is 1.20 bits per heavy atom. The molecule has 30 heavy (non-hydrogen) atoms. The predicted molar refractivity (Wildman–Crippen MR) is 110 cm³/mol. The van der Waals surface area contributed by atoms with E-state index in [0.29, 0.717) is 24.7 Å². The van der Waals surface area contributed by atoms with Gasteiger partial charge in [-0.2, -0.15) is 0 Å². The van der Waals surface area contributed by atoms with Crippen LogP contribution in [0.4, 0.5) is 0 Å². The Hall–Kier alpha value is -2.32. The molecule has 3 aliphatic rings. The third-order valence-electron chi connectivity index (χ3n) is 6.83. The number of nitrogens with two attached hydrogens (primary N) is 2. The number of benzene rings is 1. The molecule has 2 saturated heterocycles. The highest BCUT2D eigenvalue weighted by Crippen LogP contribution is 2.57. The van der Waals surface area contributed by atoms with Crippen LogP contribution in [0.3, 0.4) is 0 Å². The molecule has 0 bridgehead atoms. The Kier molecular flexibility index (Phi) is 5.40. The number of likely N-dealkylation sites (tertiary alicyclic amines) is 1. The lowest BCUT2D eigenvalue weighted by Gasteiger charge is -2.54. The van der Waals surface area contributed by atoms with Crippen LogP contribution in [0.25, 0.3) is 0 Å². The molecular weight excluding hydrogens is 386 g/mol. The van der Waals surface area contributed by atoms with Gasteiger partial charge in [-0.3, -0.25) is 14.5 Å². The Balaban J connectivity index is 1.54. The van der Waals surface area contributed by atoms with Crippen molar-refractivity contribution in [3.05, 3.63) is 23.8 Å². The van der Waals surface area contributed by atoms with Gasteiger partial charge in [0.05, 0.1) is 19.3 Å². The van der Waals surface area contributed by atoms with E-state index in [2.05, 4.69) is 18.7 Å². The molecule has 8 heteroatoms. The second-order valence-corrected chi connectivity index (χ2v) is 9.42. The summed E-state index contributed by atoms with van der Waals surface area (Å²) in [4.78, 5) is 24.5. The lowest BCUT2D eigenvalue weighted by Crippen LogP contribution is -2.54. The third-order valence-corrected chi connectivity index (χ3v) is 6.83. The molecule has 164 valence electrons. The number of primary amides is 2. The lowest BCUT2D eigenvalue weighted by atomic mass is 9.64. The molecule has 1 aromatic rings. The quantitative estimate of drug-likeness (QED) is 0.747. The Morgan fingerprint density at radius 3 is 2.60 bits per heavy atom. The standard InChI is InChI=1S/C22H31N3O5/c1-21(2)15-10-22(6-8-25(9-7-22)11-17(23)26)13-29-19(15)14-4-3-5-16(20(14)30-21)28-12-18(24)27/h3-5,15,19H,6-13H2,1-2H3,(H2,23,26)(H2,24,27)/t15-,19+/m0/s1. The average Bonchev–Trinajstić information content (AvgIpc) is 2.68. The van der Waals surface area contributed by atoms with Crippen LogP contribution < -0.4 is 20.9 Å². The van der Waals surface area contributed by atoms with E-state index in [0.717, 1.165) is 37.9 Å². The summed E-state index contributed by atoms with van der Waals surface area (Å²) in [5.74, 6) is 0.532. The molecule has 2 amide bonds. The molecule has 1 aromatic carbocycles. The van der Waals surface area contributed by atoms with Gasteiger partial charge in [0.1, 0.15) is 5.60 Å². The number of hydrogen-bond acceptors (Lipinski definition) is 6. The fourth-order valence-corrected chi connectivity index (χ4v) is 5.15.